The van der Waals surface area contributed by atoms with Gasteiger partial charge in [0.1, 0.15) is 22.4 Å². The van der Waals surface area contributed by atoms with Gasteiger partial charge in [-0.15, -0.1) is 0 Å². The minimum Gasteiger partial charge on any atom is -0.485 e. The number of nitrogens with one attached hydrogen (secondary N) is 1. The van der Waals surface area contributed by atoms with E-state index in [2.05, 4.69) is 21.2 Å². The van der Waals surface area contributed by atoms with Crippen LogP contribution in [-0.2, 0) is 11.4 Å². The zero-order chi connectivity index (χ0) is 15.5. The van der Waals surface area contributed by atoms with Gasteiger partial charge in [-0.05, 0) is 36.4 Å². The second kappa shape index (κ2) is 6.68. The lowest BCUT2D eigenvalue weighted by molar-refractivity contribution is -0.115. The molecule has 1 N–H and O–H groups in total. The normalized spacial score (nSPS) is 16.1. The van der Waals surface area contributed by atoms with Crippen molar-refractivity contribution in [3.63, 3.8) is 0 Å². The predicted molar refractivity (Wildman–Crippen MR) is 93.5 cm³/mol. The summed E-state index contributed by atoms with van der Waals surface area (Å²) in [4.78, 5) is 12.3. The van der Waals surface area contributed by atoms with E-state index >= 15 is 0 Å². The first kappa shape index (κ1) is 15.3. The highest BCUT2D eigenvalue weighted by atomic mass is 79.9. The Balaban J connectivity index is 1.86. The van der Waals surface area contributed by atoms with Crippen LogP contribution >= 0.6 is 39.9 Å². The van der Waals surface area contributed by atoms with Gasteiger partial charge in [-0.2, -0.15) is 0 Å². The molecular weight excluding hydrogens is 386 g/mol. The summed E-state index contributed by atoms with van der Waals surface area (Å²) in [6.07, 6.45) is 3.37. The van der Waals surface area contributed by atoms with Crippen molar-refractivity contribution in [1.29, 1.82) is 0 Å². The van der Waals surface area contributed by atoms with Gasteiger partial charge in [0.05, 0.1) is 11.2 Å². The number of furan rings is 1. The molecule has 1 aliphatic rings. The predicted octanol–water partition coefficient (Wildman–Crippen LogP) is 4.11. The van der Waals surface area contributed by atoms with Crippen LogP contribution in [0.4, 0.5) is 0 Å². The monoisotopic (exact) mass is 395 g/mol. The molecule has 0 atom stereocenters. The molecule has 0 spiro atoms. The number of benzene rings is 1. The maximum absolute atomic E-state index is 11.8. The molecule has 3 rings (SSSR count). The average Bonchev–Trinajstić information content (AvgIpc) is 3.08. The van der Waals surface area contributed by atoms with E-state index in [0.717, 1.165) is 15.8 Å². The summed E-state index contributed by atoms with van der Waals surface area (Å²) in [6.45, 7) is 0.322. The number of hydrogen-bond acceptors (Lipinski definition) is 5. The number of ether oxygens (including phenoxy) is 1. The van der Waals surface area contributed by atoms with Gasteiger partial charge in [0.25, 0.3) is 5.91 Å². The van der Waals surface area contributed by atoms with Crippen LogP contribution in [0, 0.1) is 0 Å². The summed E-state index contributed by atoms with van der Waals surface area (Å²) in [5.41, 5.74) is 0.795. The molecule has 1 fully saturated rings. The molecule has 0 aliphatic carbocycles. The van der Waals surface area contributed by atoms with Crippen LogP contribution in [0.25, 0.3) is 6.08 Å². The molecule has 0 radical (unpaired) electrons. The van der Waals surface area contributed by atoms with E-state index in [1.807, 2.05) is 30.3 Å². The zero-order valence-electron chi connectivity index (χ0n) is 11.2. The summed E-state index contributed by atoms with van der Waals surface area (Å²) >= 11 is 9.66. The lowest BCUT2D eigenvalue weighted by Crippen LogP contribution is -2.17. The van der Waals surface area contributed by atoms with E-state index in [4.69, 9.17) is 21.4 Å². The number of amides is 1. The Kier molecular flexibility index (Phi) is 4.66. The van der Waals surface area contributed by atoms with Gasteiger partial charge in [0.15, 0.2) is 0 Å². The highest BCUT2D eigenvalue weighted by Crippen LogP contribution is 2.31. The number of rotatable bonds is 4. The molecule has 1 saturated heterocycles. The molecule has 1 aromatic carbocycles. The van der Waals surface area contributed by atoms with E-state index in [0.29, 0.717) is 21.6 Å². The van der Waals surface area contributed by atoms with Gasteiger partial charge in [0.2, 0.25) is 0 Å². The summed E-state index contributed by atoms with van der Waals surface area (Å²) in [5, 5.41) is 2.60. The zero-order valence-corrected chi connectivity index (χ0v) is 14.4. The molecule has 112 valence electrons. The van der Waals surface area contributed by atoms with Crippen molar-refractivity contribution < 1.29 is 13.9 Å². The van der Waals surface area contributed by atoms with Crippen LogP contribution in [0.15, 0.2) is 50.4 Å². The van der Waals surface area contributed by atoms with Gasteiger partial charge >= 0.3 is 0 Å². The summed E-state index contributed by atoms with van der Waals surface area (Å²) < 4.78 is 12.4. The average molecular weight is 396 g/mol. The number of hydrogen-bond donors (Lipinski definition) is 1. The molecule has 2 aromatic rings. The Morgan fingerprint density at radius 1 is 1.41 bits per heavy atom. The van der Waals surface area contributed by atoms with Crippen molar-refractivity contribution in [2.75, 3.05) is 0 Å². The van der Waals surface area contributed by atoms with Crippen molar-refractivity contribution in [3.8, 4) is 5.75 Å². The van der Waals surface area contributed by atoms with Crippen molar-refractivity contribution in [2.24, 2.45) is 0 Å². The van der Waals surface area contributed by atoms with Crippen molar-refractivity contribution in [2.45, 2.75) is 6.61 Å². The van der Waals surface area contributed by atoms with Gasteiger partial charge in [0, 0.05) is 10.0 Å². The summed E-state index contributed by atoms with van der Waals surface area (Å²) in [7, 11) is 0. The molecule has 0 unspecified atom stereocenters. The molecule has 1 aromatic heterocycles. The van der Waals surface area contributed by atoms with Crippen LogP contribution in [0.3, 0.4) is 0 Å². The fourth-order valence-corrected chi connectivity index (χ4v) is 3.28. The van der Waals surface area contributed by atoms with Crippen LogP contribution < -0.4 is 10.1 Å². The number of carbonyl (C=O) groups is 1. The standard InChI is InChI=1S/C15H10BrNO3S2/c16-10-3-4-12(20-8-11-2-1-5-19-11)9(6-10)7-13-14(18)17-15(21)22-13/h1-7H,8H2,(H,17,18,21)/b13-7+. The Morgan fingerprint density at radius 2 is 2.27 bits per heavy atom. The Morgan fingerprint density at radius 3 is 2.95 bits per heavy atom. The third-order valence-corrected chi connectivity index (χ3v) is 4.51. The number of thiocarbonyl (C=S) groups is 1. The lowest BCUT2D eigenvalue weighted by Gasteiger charge is -2.09. The smallest absolute Gasteiger partial charge is 0.263 e. The quantitative estimate of drug-likeness (QED) is 0.623. The maximum atomic E-state index is 11.8. The minimum absolute atomic E-state index is 0.188. The fraction of sp³-hybridized carbons (Fsp3) is 0.0667. The first-order chi connectivity index (χ1) is 10.6. The topological polar surface area (TPSA) is 51.5 Å². The van der Waals surface area contributed by atoms with Gasteiger partial charge in [-0.3, -0.25) is 4.79 Å². The van der Waals surface area contributed by atoms with E-state index in [1.54, 1.807) is 12.3 Å². The highest BCUT2D eigenvalue weighted by molar-refractivity contribution is 9.10. The highest BCUT2D eigenvalue weighted by Gasteiger charge is 2.22. The molecule has 2 heterocycles. The van der Waals surface area contributed by atoms with Gasteiger partial charge < -0.3 is 14.5 Å². The first-order valence-electron chi connectivity index (χ1n) is 6.31. The molecule has 1 aliphatic heterocycles. The van der Waals surface area contributed by atoms with Crippen LogP contribution in [-0.4, -0.2) is 10.2 Å². The Hall–Kier alpha value is -1.57. The largest absolute Gasteiger partial charge is 0.485 e. The molecule has 1 amide bonds. The molecule has 0 saturated carbocycles. The van der Waals surface area contributed by atoms with E-state index in [9.17, 15) is 4.79 Å². The van der Waals surface area contributed by atoms with Crippen LogP contribution in [0.2, 0.25) is 0 Å². The van der Waals surface area contributed by atoms with Gasteiger partial charge in [-0.25, -0.2) is 0 Å². The van der Waals surface area contributed by atoms with Crippen LogP contribution in [0.5, 0.6) is 5.75 Å². The molecule has 22 heavy (non-hydrogen) atoms. The fourth-order valence-electron chi connectivity index (χ4n) is 1.87. The molecule has 7 heteroatoms. The summed E-state index contributed by atoms with van der Waals surface area (Å²) in [6, 6.07) is 9.26. The molecule has 4 nitrogen and oxygen atoms in total. The lowest BCUT2D eigenvalue weighted by atomic mass is 10.2. The van der Waals surface area contributed by atoms with Gasteiger partial charge in [-0.1, -0.05) is 39.9 Å². The Bertz CT molecular complexity index is 756. The number of thioether (sulfide) groups is 1. The molecule has 0 bridgehead atoms. The second-order valence-electron chi connectivity index (χ2n) is 4.40. The second-order valence-corrected chi connectivity index (χ2v) is 7.04. The Labute approximate surface area is 145 Å². The third-order valence-electron chi connectivity index (χ3n) is 2.85. The van der Waals surface area contributed by atoms with Crippen LogP contribution in [0.1, 0.15) is 11.3 Å². The SMILES string of the molecule is O=C1NC(=S)S/C1=C/c1cc(Br)ccc1OCc1ccco1. The molecular formula is C15H10BrNO3S2. The number of halogens is 1. The van der Waals surface area contributed by atoms with E-state index < -0.39 is 0 Å². The number of carbonyl (C=O) groups excluding carboxylic acids is 1. The summed E-state index contributed by atoms with van der Waals surface area (Å²) in [5.74, 6) is 1.21. The van der Waals surface area contributed by atoms with E-state index in [-0.39, 0.29) is 5.91 Å². The maximum Gasteiger partial charge on any atom is 0.263 e. The minimum atomic E-state index is -0.188. The van der Waals surface area contributed by atoms with Crippen molar-refractivity contribution in [3.05, 3.63) is 57.3 Å². The third kappa shape index (κ3) is 3.60. The van der Waals surface area contributed by atoms with Crippen molar-refractivity contribution >= 4 is 56.2 Å². The first-order valence-corrected chi connectivity index (χ1v) is 8.33. The van der Waals surface area contributed by atoms with Crippen molar-refractivity contribution in [1.82, 2.24) is 5.32 Å². The van der Waals surface area contributed by atoms with E-state index in [1.165, 1.54) is 11.8 Å².